The number of amides is 3. The Bertz CT molecular complexity index is 580. The van der Waals surface area contributed by atoms with E-state index in [0.29, 0.717) is 23.9 Å². The van der Waals surface area contributed by atoms with Crippen LogP contribution in [0.5, 0.6) is 5.75 Å². The van der Waals surface area contributed by atoms with Crippen LogP contribution in [0.3, 0.4) is 0 Å². The summed E-state index contributed by atoms with van der Waals surface area (Å²) in [6, 6.07) is 5.38. The van der Waals surface area contributed by atoms with Crippen molar-refractivity contribution in [2.24, 2.45) is 5.92 Å². The molecule has 0 aliphatic rings. The summed E-state index contributed by atoms with van der Waals surface area (Å²) in [6.45, 7) is 6.54. The topological polar surface area (TPSA) is 82.7 Å². The van der Waals surface area contributed by atoms with E-state index in [1.165, 1.54) is 0 Å². The number of urea groups is 1. The minimum Gasteiger partial charge on any atom is -0.495 e. The fraction of sp³-hybridized carbons (Fsp3) is 0.556. The van der Waals surface area contributed by atoms with Crippen LogP contribution in [0.1, 0.15) is 19.4 Å². The minimum atomic E-state index is -0.362. The minimum absolute atomic E-state index is 0.114. The Labute approximate surface area is 150 Å². The first-order valence-corrected chi connectivity index (χ1v) is 8.37. The molecule has 3 N–H and O–H groups in total. The largest absolute Gasteiger partial charge is 0.495 e. The van der Waals surface area contributed by atoms with E-state index in [1.807, 2.05) is 33.2 Å². The second-order valence-corrected chi connectivity index (χ2v) is 6.59. The highest BCUT2D eigenvalue weighted by Crippen LogP contribution is 2.24. The van der Waals surface area contributed by atoms with E-state index < -0.39 is 0 Å². The molecule has 7 heteroatoms. The molecule has 1 atom stereocenters. The summed E-state index contributed by atoms with van der Waals surface area (Å²) in [5, 5.41) is 8.11. The van der Waals surface area contributed by atoms with Crippen LogP contribution < -0.4 is 20.7 Å². The molecule has 0 heterocycles. The van der Waals surface area contributed by atoms with Crippen LogP contribution in [-0.2, 0) is 4.79 Å². The molecule has 0 aliphatic carbocycles. The van der Waals surface area contributed by atoms with Crippen molar-refractivity contribution in [3.05, 3.63) is 23.8 Å². The lowest BCUT2D eigenvalue weighted by Gasteiger charge is -2.28. The van der Waals surface area contributed by atoms with Crippen LogP contribution in [0.25, 0.3) is 0 Å². The normalized spacial score (nSPS) is 12.0. The molecule has 1 unspecified atom stereocenters. The predicted octanol–water partition coefficient (Wildman–Crippen LogP) is 1.83. The monoisotopic (exact) mass is 350 g/mol. The maximum Gasteiger partial charge on any atom is 0.315 e. The quantitative estimate of drug-likeness (QED) is 0.668. The molecule has 1 aromatic rings. The number of aryl methyl sites for hydroxylation is 1. The number of ether oxygens (including phenoxy) is 1. The first-order valence-electron chi connectivity index (χ1n) is 8.37. The number of anilines is 1. The lowest BCUT2D eigenvalue weighted by Crippen LogP contribution is -2.47. The van der Waals surface area contributed by atoms with Gasteiger partial charge in [0.25, 0.3) is 0 Å². The number of methoxy groups -OCH3 is 1. The molecular formula is C18H30N4O3. The Morgan fingerprint density at radius 2 is 1.88 bits per heavy atom. The fourth-order valence-electron chi connectivity index (χ4n) is 2.55. The first kappa shape index (κ1) is 20.8. The van der Waals surface area contributed by atoms with Crippen molar-refractivity contribution in [2.75, 3.05) is 39.6 Å². The van der Waals surface area contributed by atoms with E-state index in [-0.39, 0.29) is 24.5 Å². The van der Waals surface area contributed by atoms with Gasteiger partial charge in [-0.05, 0) is 44.6 Å². The molecule has 1 aromatic carbocycles. The highest BCUT2D eigenvalue weighted by molar-refractivity contribution is 5.95. The highest BCUT2D eigenvalue weighted by atomic mass is 16.5. The number of nitrogens with zero attached hydrogens (tertiary/aromatic N) is 1. The van der Waals surface area contributed by atoms with Gasteiger partial charge in [-0.1, -0.05) is 19.9 Å². The Balaban J connectivity index is 2.46. The van der Waals surface area contributed by atoms with Gasteiger partial charge in [0.15, 0.2) is 0 Å². The van der Waals surface area contributed by atoms with Crippen LogP contribution in [-0.4, -0.2) is 57.2 Å². The Morgan fingerprint density at radius 1 is 1.20 bits per heavy atom. The van der Waals surface area contributed by atoms with E-state index >= 15 is 0 Å². The maximum absolute atomic E-state index is 12.0. The van der Waals surface area contributed by atoms with Crippen molar-refractivity contribution in [3.63, 3.8) is 0 Å². The van der Waals surface area contributed by atoms with Crippen LogP contribution in [0.15, 0.2) is 18.2 Å². The summed E-state index contributed by atoms with van der Waals surface area (Å²) >= 11 is 0. The van der Waals surface area contributed by atoms with Gasteiger partial charge in [-0.2, -0.15) is 0 Å². The fourth-order valence-corrected chi connectivity index (χ4v) is 2.55. The smallest absolute Gasteiger partial charge is 0.315 e. The van der Waals surface area contributed by atoms with Crippen LogP contribution >= 0.6 is 0 Å². The molecule has 0 radical (unpaired) electrons. The van der Waals surface area contributed by atoms with Crippen LogP contribution in [0, 0.1) is 12.8 Å². The highest BCUT2D eigenvalue weighted by Gasteiger charge is 2.16. The molecule has 0 saturated carbocycles. The van der Waals surface area contributed by atoms with Gasteiger partial charge in [0.1, 0.15) is 5.75 Å². The predicted molar refractivity (Wildman–Crippen MR) is 100 cm³/mol. The average molecular weight is 350 g/mol. The molecule has 140 valence electrons. The molecule has 1 rings (SSSR count). The van der Waals surface area contributed by atoms with Gasteiger partial charge in [-0.15, -0.1) is 0 Å². The SMILES string of the molecule is COc1ccc(C)cc1NC(=O)CNC(=O)NCC(C(C)C)N(C)C. The lowest BCUT2D eigenvalue weighted by molar-refractivity contribution is -0.115. The van der Waals surface area contributed by atoms with E-state index in [2.05, 4.69) is 34.7 Å². The Morgan fingerprint density at radius 3 is 2.44 bits per heavy atom. The third-order valence-electron chi connectivity index (χ3n) is 3.94. The van der Waals surface area contributed by atoms with Gasteiger partial charge in [0.2, 0.25) is 5.91 Å². The third-order valence-corrected chi connectivity index (χ3v) is 3.94. The van der Waals surface area contributed by atoms with Crippen molar-refractivity contribution in [1.82, 2.24) is 15.5 Å². The van der Waals surface area contributed by atoms with Crippen LogP contribution in [0.4, 0.5) is 10.5 Å². The molecular weight excluding hydrogens is 320 g/mol. The summed E-state index contributed by atoms with van der Waals surface area (Å²) < 4.78 is 5.22. The van der Waals surface area contributed by atoms with Crippen molar-refractivity contribution < 1.29 is 14.3 Å². The maximum atomic E-state index is 12.0. The number of hydrogen-bond donors (Lipinski definition) is 3. The summed E-state index contributed by atoms with van der Waals surface area (Å²) in [5.74, 6) is 0.675. The summed E-state index contributed by atoms with van der Waals surface area (Å²) in [6.07, 6.45) is 0. The van der Waals surface area contributed by atoms with Crippen molar-refractivity contribution in [3.8, 4) is 5.75 Å². The third kappa shape index (κ3) is 7.01. The molecule has 0 spiro atoms. The number of carbonyl (C=O) groups excluding carboxylic acids is 2. The molecule has 25 heavy (non-hydrogen) atoms. The van der Waals surface area contributed by atoms with E-state index in [0.717, 1.165) is 5.56 Å². The van der Waals surface area contributed by atoms with Crippen molar-refractivity contribution in [1.29, 1.82) is 0 Å². The number of rotatable bonds is 8. The molecule has 7 nitrogen and oxygen atoms in total. The van der Waals surface area contributed by atoms with Crippen LogP contribution in [0.2, 0.25) is 0 Å². The number of nitrogens with one attached hydrogen (secondary N) is 3. The van der Waals surface area contributed by atoms with Crippen molar-refractivity contribution in [2.45, 2.75) is 26.8 Å². The van der Waals surface area contributed by atoms with Gasteiger partial charge in [0, 0.05) is 12.6 Å². The average Bonchev–Trinajstić information content (AvgIpc) is 2.52. The molecule has 0 aliphatic heterocycles. The summed E-state index contributed by atoms with van der Waals surface area (Å²) in [7, 11) is 5.50. The zero-order chi connectivity index (χ0) is 19.0. The zero-order valence-electron chi connectivity index (χ0n) is 16.0. The molecule has 3 amide bonds. The molecule has 0 fully saturated rings. The number of benzene rings is 1. The van der Waals surface area contributed by atoms with Gasteiger partial charge in [0.05, 0.1) is 19.3 Å². The van der Waals surface area contributed by atoms with Gasteiger partial charge in [-0.3, -0.25) is 4.79 Å². The van der Waals surface area contributed by atoms with Gasteiger partial charge >= 0.3 is 6.03 Å². The second-order valence-electron chi connectivity index (χ2n) is 6.59. The Hall–Kier alpha value is -2.28. The summed E-state index contributed by atoms with van der Waals surface area (Å²) in [4.78, 5) is 26.0. The molecule has 0 bridgehead atoms. The summed E-state index contributed by atoms with van der Waals surface area (Å²) in [5.41, 5.74) is 1.59. The van der Waals surface area contributed by atoms with Gasteiger partial charge in [-0.25, -0.2) is 4.79 Å². The first-order chi connectivity index (χ1) is 11.7. The zero-order valence-corrected chi connectivity index (χ0v) is 16.0. The number of hydrogen-bond acceptors (Lipinski definition) is 4. The standard InChI is InChI=1S/C18H30N4O3/c1-12(2)15(22(4)5)10-19-18(24)20-11-17(23)21-14-9-13(3)7-8-16(14)25-6/h7-9,12,15H,10-11H2,1-6H3,(H,21,23)(H2,19,20,24). The van der Waals surface area contributed by atoms with Gasteiger partial charge < -0.3 is 25.6 Å². The molecule has 0 saturated heterocycles. The Kier molecular flexibility index (Phi) is 8.21. The van der Waals surface area contributed by atoms with E-state index in [9.17, 15) is 9.59 Å². The lowest BCUT2D eigenvalue weighted by atomic mass is 10.0. The van der Waals surface area contributed by atoms with E-state index in [1.54, 1.807) is 13.2 Å². The second kappa shape index (κ2) is 9.88. The molecule has 0 aromatic heterocycles. The number of carbonyl (C=O) groups is 2. The van der Waals surface area contributed by atoms with E-state index in [4.69, 9.17) is 4.74 Å². The number of likely N-dealkylation sites (N-methyl/N-ethyl adjacent to an activating group) is 1. The van der Waals surface area contributed by atoms with Crippen molar-refractivity contribution >= 4 is 17.6 Å².